The van der Waals surface area contributed by atoms with Gasteiger partial charge >= 0.3 is 6.08 Å². The van der Waals surface area contributed by atoms with Crippen LogP contribution in [0.25, 0.3) is 5.83 Å². The molecule has 0 aliphatic carbocycles. The van der Waals surface area contributed by atoms with E-state index in [1.54, 1.807) is 0 Å². The second-order valence-corrected chi connectivity index (χ2v) is 4.49. The molecule has 0 aromatic heterocycles. The Kier molecular flexibility index (Phi) is 3.61. The molecule has 0 heterocycles. The molecule has 0 saturated heterocycles. The third kappa shape index (κ3) is 2.75. The van der Waals surface area contributed by atoms with Crippen LogP contribution in [-0.2, 0) is 10.1 Å². The van der Waals surface area contributed by atoms with Crippen molar-refractivity contribution in [3.8, 4) is 0 Å². The first-order valence-corrected chi connectivity index (χ1v) is 5.53. The Morgan fingerprint density at radius 3 is 2.19 bits per heavy atom. The lowest BCUT2D eigenvalue weighted by atomic mass is 10.2. The molecule has 8 heteroatoms. The lowest BCUT2D eigenvalue weighted by molar-refractivity contribution is 0.410. The van der Waals surface area contributed by atoms with E-state index in [1.807, 2.05) is 0 Å². The topological polar surface area (TPSA) is 54.4 Å². The molecule has 0 unspecified atom stereocenters. The van der Waals surface area contributed by atoms with E-state index in [9.17, 15) is 21.6 Å². The van der Waals surface area contributed by atoms with Gasteiger partial charge in [-0.15, -0.1) is 0 Å². The Bertz CT molecular complexity index is 550. The minimum atomic E-state index is -4.55. The second-order valence-electron chi connectivity index (χ2n) is 2.69. The number of benzene rings is 1. The molecular formula is C8H4ClF3O3S. The van der Waals surface area contributed by atoms with Crippen molar-refractivity contribution in [2.45, 2.75) is 4.90 Å². The third-order valence-corrected chi connectivity index (χ3v) is 2.97. The van der Waals surface area contributed by atoms with Crippen molar-refractivity contribution in [2.75, 3.05) is 0 Å². The van der Waals surface area contributed by atoms with Gasteiger partial charge in [0.15, 0.2) is 5.83 Å². The Morgan fingerprint density at radius 2 is 1.81 bits per heavy atom. The summed E-state index contributed by atoms with van der Waals surface area (Å²) in [6.45, 7) is 0. The number of halogens is 4. The fraction of sp³-hybridized carbons (Fsp3) is 0. The predicted octanol–water partition coefficient (Wildman–Crippen LogP) is 3.12. The van der Waals surface area contributed by atoms with E-state index in [0.717, 1.165) is 12.1 Å². The van der Waals surface area contributed by atoms with Gasteiger partial charge in [-0.2, -0.15) is 17.2 Å². The van der Waals surface area contributed by atoms with Gasteiger partial charge in [-0.25, -0.2) is 4.39 Å². The van der Waals surface area contributed by atoms with Crippen molar-refractivity contribution in [3.05, 3.63) is 34.9 Å². The summed E-state index contributed by atoms with van der Waals surface area (Å²) >= 11 is 5.39. The highest BCUT2D eigenvalue weighted by molar-refractivity contribution is 7.86. The zero-order chi connectivity index (χ0) is 12.5. The summed E-state index contributed by atoms with van der Waals surface area (Å²) in [7, 11) is -4.55. The molecule has 88 valence electrons. The zero-order valence-corrected chi connectivity index (χ0v) is 8.99. The normalized spacial score (nSPS) is 11.3. The van der Waals surface area contributed by atoms with Crippen molar-refractivity contribution in [1.29, 1.82) is 0 Å². The highest BCUT2D eigenvalue weighted by Gasteiger charge is 2.17. The average molecular weight is 273 g/mol. The van der Waals surface area contributed by atoms with Crippen LogP contribution in [0.3, 0.4) is 0 Å². The van der Waals surface area contributed by atoms with Crippen LogP contribution in [0.4, 0.5) is 13.2 Å². The van der Waals surface area contributed by atoms with Gasteiger partial charge in [0.25, 0.3) is 10.1 Å². The summed E-state index contributed by atoms with van der Waals surface area (Å²) in [4.78, 5) is -0.676. The smallest absolute Gasteiger partial charge is 0.282 e. The van der Waals surface area contributed by atoms with E-state index in [0.29, 0.717) is 6.07 Å². The van der Waals surface area contributed by atoms with E-state index in [1.165, 1.54) is 0 Å². The van der Waals surface area contributed by atoms with E-state index in [-0.39, 0.29) is 0 Å². The van der Waals surface area contributed by atoms with Gasteiger partial charge in [-0.1, -0.05) is 17.7 Å². The maximum Gasteiger partial charge on any atom is 0.306 e. The monoisotopic (exact) mass is 272 g/mol. The molecule has 0 spiro atoms. The van der Waals surface area contributed by atoms with Gasteiger partial charge in [0.05, 0.1) is 5.02 Å². The number of rotatable bonds is 2. The van der Waals surface area contributed by atoms with Crippen molar-refractivity contribution in [2.24, 2.45) is 0 Å². The van der Waals surface area contributed by atoms with Gasteiger partial charge in [0.1, 0.15) is 4.90 Å². The van der Waals surface area contributed by atoms with Crippen LogP contribution in [0.2, 0.25) is 5.02 Å². The molecule has 1 N–H and O–H groups in total. The zero-order valence-electron chi connectivity index (χ0n) is 7.42. The molecule has 0 bridgehead atoms. The fourth-order valence-corrected chi connectivity index (χ4v) is 1.97. The maximum absolute atomic E-state index is 12.7. The molecule has 16 heavy (non-hydrogen) atoms. The highest BCUT2D eigenvalue weighted by Crippen LogP contribution is 2.28. The molecule has 0 fully saturated rings. The molecule has 1 aromatic carbocycles. The van der Waals surface area contributed by atoms with Crippen LogP contribution in [-0.4, -0.2) is 13.0 Å². The largest absolute Gasteiger partial charge is 0.306 e. The molecule has 3 nitrogen and oxygen atoms in total. The summed E-state index contributed by atoms with van der Waals surface area (Å²) in [6.07, 6.45) is -2.55. The summed E-state index contributed by atoms with van der Waals surface area (Å²) in [5, 5.41) is -0.545. The van der Waals surface area contributed by atoms with Crippen molar-refractivity contribution >= 4 is 27.5 Å². The van der Waals surface area contributed by atoms with Crippen LogP contribution >= 0.6 is 11.6 Å². The number of hydrogen-bond donors (Lipinski definition) is 1. The van der Waals surface area contributed by atoms with Gasteiger partial charge in [-0.05, 0) is 12.1 Å². The number of hydrogen-bond acceptors (Lipinski definition) is 2. The Balaban J connectivity index is 3.36. The van der Waals surface area contributed by atoms with Gasteiger partial charge in [0.2, 0.25) is 0 Å². The van der Waals surface area contributed by atoms with E-state index in [4.69, 9.17) is 16.2 Å². The molecule has 0 atom stereocenters. The molecule has 0 aliphatic rings. The summed E-state index contributed by atoms with van der Waals surface area (Å²) in [5.41, 5.74) is -0.572. The van der Waals surface area contributed by atoms with E-state index in [2.05, 4.69) is 0 Å². The van der Waals surface area contributed by atoms with Crippen LogP contribution in [0.1, 0.15) is 5.56 Å². The Hall–Kier alpha value is -1.05. The molecular weight excluding hydrogens is 269 g/mol. The molecule has 0 aliphatic heterocycles. The second kappa shape index (κ2) is 4.44. The quantitative estimate of drug-likeness (QED) is 0.842. The first-order valence-electron chi connectivity index (χ1n) is 3.71. The average Bonchev–Trinajstić information content (AvgIpc) is 2.14. The molecule has 0 amide bonds. The molecule has 1 rings (SSSR count). The van der Waals surface area contributed by atoms with E-state index < -0.39 is 37.5 Å². The summed E-state index contributed by atoms with van der Waals surface area (Å²) < 4.78 is 66.5. The third-order valence-electron chi connectivity index (χ3n) is 1.63. The highest BCUT2D eigenvalue weighted by atomic mass is 35.5. The lowest BCUT2D eigenvalue weighted by Crippen LogP contribution is -1.99. The van der Waals surface area contributed by atoms with Crippen molar-refractivity contribution < 1.29 is 26.1 Å². The first kappa shape index (κ1) is 13.0. The predicted molar refractivity (Wildman–Crippen MR) is 51.5 cm³/mol. The van der Waals surface area contributed by atoms with Gasteiger partial charge < -0.3 is 0 Å². The van der Waals surface area contributed by atoms with Gasteiger partial charge in [0, 0.05) is 5.56 Å². The Morgan fingerprint density at radius 1 is 1.25 bits per heavy atom. The van der Waals surface area contributed by atoms with Crippen molar-refractivity contribution in [3.63, 3.8) is 0 Å². The van der Waals surface area contributed by atoms with Crippen LogP contribution in [0.15, 0.2) is 29.2 Å². The van der Waals surface area contributed by atoms with E-state index >= 15 is 0 Å². The molecule has 0 saturated carbocycles. The summed E-state index contributed by atoms with van der Waals surface area (Å²) in [5.74, 6) is -1.80. The lowest BCUT2D eigenvalue weighted by Gasteiger charge is -2.02. The van der Waals surface area contributed by atoms with Gasteiger partial charge in [-0.3, -0.25) is 4.55 Å². The van der Waals surface area contributed by atoms with Crippen LogP contribution in [0, 0.1) is 0 Å². The first-order chi connectivity index (χ1) is 7.23. The van der Waals surface area contributed by atoms with Crippen LogP contribution in [0.5, 0.6) is 0 Å². The summed E-state index contributed by atoms with van der Waals surface area (Å²) in [6, 6.07) is 2.18. The maximum atomic E-state index is 12.7. The minimum absolute atomic E-state index is 0.545. The fourth-order valence-electron chi connectivity index (χ4n) is 0.956. The molecule has 0 radical (unpaired) electrons. The SMILES string of the molecule is O=S(=O)(O)c1ccc(C(F)=C(F)F)cc1Cl. The molecule has 1 aromatic rings. The van der Waals surface area contributed by atoms with Crippen LogP contribution < -0.4 is 0 Å². The standard InChI is InChI=1S/C8H4ClF3O3S/c9-5-3-4(7(10)8(11)12)1-2-6(5)16(13,14)15/h1-3H,(H,13,14,15). The minimum Gasteiger partial charge on any atom is -0.282 e. The van der Waals surface area contributed by atoms with Crippen molar-refractivity contribution in [1.82, 2.24) is 0 Å². The Labute approximate surface area is 93.9 Å².